The summed E-state index contributed by atoms with van der Waals surface area (Å²) in [5.41, 5.74) is 10.1. The van der Waals surface area contributed by atoms with Crippen LogP contribution >= 0.6 is 0 Å². The highest BCUT2D eigenvalue weighted by molar-refractivity contribution is 5.74. The molecule has 3 aromatic carbocycles. The van der Waals surface area contributed by atoms with E-state index >= 15 is 0 Å². The maximum atomic E-state index is 12.4. The van der Waals surface area contributed by atoms with E-state index in [2.05, 4.69) is 6.07 Å². The molecule has 0 fully saturated rings. The smallest absolute Gasteiger partial charge is 0.349 e. The van der Waals surface area contributed by atoms with Gasteiger partial charge in [0.15, 0.2) is 6.61 Å². The first-order chi connectivity index (χ1) is 16.9. The predicted molar refractivity (Wildman–Crippen MR) is 130 cm³/mol. The Morgan fingerprint density at radius 2 is 1.77 bits per heavy atom. The summed E-state index contributed by atoms with van der Waals surface area (Å²) in [5.74, 6) is 0.894. The van der Waals surface area contributed by atoms with Gasteiger partial charge in [-0.25, -0.2) is 4.79 Å². The van der Waals surface area contributed by atoms with Crippen LogP contribution in [0.1, 0.15) is 35.1 Å². The molecule has 1 unspecified atom stereocenters. The lowest BCUT2D eigenvalue weighted by Crippen LogP contribution is -2.22. The number of fused-ring (bicyclic) bond motifs is 1. The van der Waals surface area contributed by atoms with Gasteiger partial charge in [-0.2, -0.15) is 5.26 Å². The fourth-order valence-corrected chi connectivity index (χ4v) is 3.93. The van der Waals surface area contributed by atoms with E-state index in [1.807, 2.05) is 63.2 Å². The van der Waals surface area contributed by atoms with Crippen molar-refractivity contribution in [3.05, 3.63) is 94.4 Å². The molecule has 1 aliphatic rings. The third-order valence-electron chi connectivity index (χ3n) is 5.79. The summed E-state index contributed by atoms with van der Waals surface area (Å²) in [4.78, 5) is 12.4. The van der Waals surface area contributed by atoms with E-state index in [-0.39, 0.29) is 23.8 Å². The van der Waals surface area contributed by atoms with Crippen LogP contribution in [-0.4, -0.2) is 19.2 Å². The molecule has 4 rings (SSSR count). The van der Waals surface area contributed by atoms with E-state index in [0.29, 0.717) is 29.4 Å². The standard InChI is InChI=1S/C28H26N2O5/c1-4-32-24-8-6-5-7-21(24)27-22-12-11-20(14-25(22)35-28(30)23(27)15-29)34-26(31)16-33-19-10-9-17(2)18(3)13-19/h5-14,27H,4,16,30H2,1-3H3. The lowest BCUT2D eigenvalue weighted by molar-refractivity contribution is -0.136. The van der Waals surface area contributed by atoms with Crippen LogP contribution in [-0.2, 0) is 4.79 Å². The number of nitrogens with two attached hydrogens (primary N) is 1. The quantitative estimate of drug-likeness (QED) is 0.387. The van der Waals surface area contributed by atoms with Crippen molar-refractivity contribution in [2.24, 2.45) is 5.73 Å². The zero-order valence-corrected chi connectivity index (χ0v) is 19.8. The average molecular weight is 471 g/mol. The monoisotopic (exact) mass is 470 g/mol. The number of nitrogens with zero attached hydrogens (tertiary/aromatic N) is 1. The van der Waals surface area contributed by atoms with E-state index in [9.17, 15) is 10.1 Å². The number of ether oxygens (including phenoxy) is 4. The van der Waals surface area contributed by atoms with Crippen molar-refractivity contribution >= 4 is 5.97 Å². The fraction of sp³-hybridized carbons (Fsp3) is 0.214. The Kier molecular flexibility index (Phi) is 6.93. The van der Waals surface area contributed by atoms with Crippen molar-refractivity contribution in [3.8, 4) is 29.1 Å². The van der Waals surface area contributed by atoms with Crippen LogP contribution in [0, 0.1) is 25.2 Å². The molecule has 0 aliphatic carbocycles. The minimum atomic E-state index is -0.557. The number of allylic oxidation sites excluding steroid dienone is 1. The molecule has 1 aliphatic heterocycles. The van der Waals surface area contributed by atoms with Gasteiger partial charge in [0.1, 0.15) is 34.6 Å². The molecule has 0 saturated heterocycles. The minimum absolute atomic E-state index is 0.00199. The lowest BCUT2D eigenvalue weighted by atomic mass is 9.83. The molecule has 35 heavy (non-hydrogen) atoms. The molecule has 0 spiro atoms. The number of para-hydroxylation sites is 1. The van der Waals surface area contributed by atoms with Crippen molar-refractivity contribution in [3.63, 3.8) is 0 Å². The first kappa shape index (κ1) is 23.7. The SMILES string of the molecule is CCOc1ccccc1C1C(C#N)=C(N)Oc2cc(OC(=O)COc3ccc(C)c(C)c3)ccc21. The van der Waals surface area contributed by atoms with Crippen LogP contribution in [0.15, 0.2) is 72.1 Å². The number of benzene rings is 3. The zero-order valence-electron chi connectivity index (χ0n) is 19.8. The maximum Gasteiger partial charge on any atom is 0.349 e. The van der Waals surface area contributed by atoms with Crippen LogP contribution in [0.4, 0.5) is 0 Å². The highest BCUT2D eigenvalue weighted by Gasteiger charge is 2.32. The Morgan fingerprint density at radius 3 is 2.51 bits per heavy atom. The molecular weight excluding hydrogens is 444 g/mol. The minimum Gasteiger partial charge on any atom is -0.494 e. The molecule has 3 aromatic rings. The molecule has 7 nitrogen and oxygen atoms in total. The van der Waals surface area contributed by atoms with E-state index in [4.69, 9.17) is 24.7 Å². The van der Waals surface area contributed by atoms with E-state index < -0.39 is 11.9 Å². The van der Waals surface area contributed by atoms with Crippen LogP contribution in [0.2, 0.25) is 0 Å². The summed E-state index contributed by atoms with van der Waals surface area (Å²) in [5, 5.41) is 9.81. The largest absolute Gasteiger partial charge is 0.494 e. The van der Waals surface area contributed by atoms with Crippen LogP contribution < -0.4 is 24.7 Å². The molecule has 1 heterocycles. The average Bonchev–Trinajstić information content (AvgIpc) is 2.84. The molecule has 0 radical (unpaired) electrons. The second kappa shape index (κ2) is 10.2. The van der Waals surface area contributed by atoms with Crippen LogP contribution in [0.5, 0.6) is 23.0 Å². The Labute approximate surface area is 204 Å². The highest BCUT2D eigenvalue weighted by Crippen LogP contribution is 2.45. The van der Waals surface area contributed by atoms with Gasteiger partial charge in [-0.3, -0.25) is 0 Å². The maximum absolute atomic E-state index is 12.4. The van der Waals surface area contributed by atoms with E-state index in [0.717, 1.165) is 16.7 Å². The number of esters is 1. The number of hydrogen-bond acceptors (Lipinski definition) is 7. The van der Waals surface area contributed by atoms with E-state index in [1.165, 1.54) is 0 Å². The van der Waals surface area contributed by atoms with Crippen molar-refractivity contribution in [1.82, 2.24) is 0 Å². The molecule has 0 bridgehead atoms. The van der Waals surface area contributed by atoms with Gasteiger partial charge >= 0.3 is 5.97 Å². The third-order valence-corrected chi connectivity index (χ3v) is 5.79. The van der Waals surface area contributed by atoms with Gasteiger partial charge in [0.25, 0.3) is 0 Å². The fourth-order valence-electron chi connectivity index (χ4n) is 3.93. The van der Waals surface area contributed by atoms with Gasteiger partial charge in [0.05, 0.1) is 12.5 Å². The molecule has 2 N–H and O–H groups in total. The highest BCUT2D eigenvalue weighted by atomic mass is 16.6. The lowest BCUT2D eigenvalue weighted by Gasteiger charge is -2.27. The molecular formula is C28H26N2O5. The second-order valence-electron chi connectivity index (χ2n) is 8.10. The Bertz CT molecular complexity index is 1340. The normalized spacial score (nSPS) is 14.4. The van der Waals surface area contributed by atoms with Gasteiger partial charge < -0.3 is 24.7 Å². The Balaban J connectivity index is 1.56. The number of carbonyl (C=O) groups is 1. The predicted octanol–water partition coefficient (Wildman–Crippen LogP) is 4.90. The Morgan fingerprint density at radius 1 is 1.00 bits per heavy atom. The summed E-state index contributed by atoms with van der Waals surface area (Å²) in [6, 6.07) is 20.3. The first-order valence-corrected chi connectivity index (χ1v) is 11.2. The summed E-state index contributed by atoms with van der Waals surface area (Å²) in [7, 11) is 0. The summed E-state index contributed by atoms with van der Waals surface area (Å²) in [6.45, 7) is 6.12. The third kappa shape index (κ3) is 5.07. The number of rotatable bonds is 7. The Hall–Kier alpha value is -4.44. The van der Waals surface area contributed by atoms with E-state index in [1.54, 1.807) is 18.2 Å². The summed E-state index contributed by atoms with van der Waals surface area (Å²) >= 11 is 0. The van der Waals surface area contributed by atoms with Crippen molar-refractivity contribution < 1.29 is 23.7 Å². The molecule has 0 amide bonds. The summed E-state index contributed by atoms with van der Waals surface area (Å²) < 4.78 is 22.5. The molecule has 178 valence electrons. The first-order valence-electron chi connectivity index (χ1n) is 11.2. The van der Waals surface area contributed by atoms with Crippen LogP contribution in [0.25, 0.3) is 0 Å². The number of hydrogen-bond donors (Lipinski definition) is 1. The zero-order chi connectivity index (χ0) is 24.9. The van der Waals surface area contributed by atoms with Crippen molar-refractivity contribution in [2.45, 2.75) is 26.7 Å². The molecule has 0 saturated carbocycles. The second-order valence-corrected chi connectivity index (χ2v) is 8.10. The van der Waals surface area contributed by atoms with Crippen molar-refractivity contribution in [2.75, 3.05) is 13.2 Å². The summed E-state index contributed by atoms with van der Waals surface area (Å²) in [6.07, 6.45) is 0. The van der Waals surface area contributed by atoms with Crippen LogP contribution in [0.3, 0.4) is 0 Å². The van der Waals surface area contributed by atoms with Gasteiger partial charge in [0.2, 0.25) is 5.88 Å². The molecule has 0 aromatic heterocycles. The molecule has 1 atom stereocenters. The molecule has 7 heteroatoms. The number of carbonyl (C=O) groups excluding carboxylic acids is 1. The van der Waals surface area contributed by atoms with Gasteiger partial charge in [0, 0.05) is 17.2 Å². The van der Waals surface area contributed by atoms with Crippen molar-refractivity contribution in [1.29, 1.82) is 5.26 Å². The van der Waals surface area contributed by atoms with Gasteiger partial charge in [-0.1, -0.05) is 30.3 Å². The topological polar surface area (TPSA) is 104 Å². The number of nitriles is 1. The van der Waals surface area contributed by atoms with Gasteiger partial charge in [-0.05, 0) is 56.2 Å². The van der Waals surface area contributed by atoms with Gasteiger partial charge in [-0.15, -0.1) is 0 Å². The number of aryl methyl sites for hydroxylation is 2.